The molecule has 132 valence electrons. The summed E-state index contributed by atoms with van der Waals surface area (Å²) in [5.41, 5.74) is 1.35. The molecule has 0 spiro atoms. The Bertz CT molecular complexity index is 718. The van der Waals surface area contributed by atoms with Crippen molar-refractivity contribution >= 4 is 17.9 Å². The van der Waals surface area contributed by atoms with E-state index in [2.05, 4.69) is 5.32 Å². The highest BCUT2D eigenvalue weighted by atomic mass is 16.5. The fourth-order valence-electron chi connectivity index (χ4n) is 2.56. The molecule has 0 amide bonds. The van der Waals surface area contributed by atoms with Crippen LogP contribution in [-0.2, 0) is 23.8 Å². The molecule has 1 aromatic rings. The van der Waals surface area contributed by atoms with Crippen LogP contribution in [0.2, 0.25) is 0 Å². The Kier molecular flexibility index (Phi) is 5.94. The molecular formula is C18H19NO6. The van der Waals surface area contributed by atoms with Gasteiger partial charge in [0.1, 0.15) is 0 Å². The molecule has 0 unspecified atom stereocenters. The summed E-state index contributed by atoms with van der Waals surface area (Å²) in [6.07, 6.45) is 2.92. The maximum atomic E-state index is 12.1. The van der Waals surface area contributed by atoms with Crippen LogP contribution in [-0.4, -0.2) is 38.7 Å². The number of rotatable bonds is 5. The summed E-state index contributed by atoms with van der Waals surface area (Å²) in [5, 5.41) is 2.76. The van der Waals surface area contributed by atoms with Gasteiger partial charge in [-0.3, -0.25) is 0 Å². The average molecular weight is 345 g/mol. The monoisotopic (exact) mass is 345 g/mol. The Balaban J connectivity index is 2.50. The molecule has 25 heavy (non-hydrogen) atoms. The molecule has 1 aromatic carbocycles. The molecule has 0 bridgehead atoms. The second kappa shape index (κ2) is 8.14. The number of ether oxygens (including phenoxy) is 3. The van der Waals surface area contributed by atoms with E-state index < -0.39 is 23.8 Å². The van der Waals surface area contributed by atoms with Crippen molar-refractivity contribution in [2.24, 2.45) is 0 Å². The second-order valence-corrected chi connectivity index (χ2v) is 5.13. The van der Waals surface area contributed by atoms with Gasteiger partial charge in [-0.1, -0.05) is 12.1 Å². The number of hydrogen-bond donors (Lipinski definition) is 1. The van der Waals surface area contributed by atoms with Crippen molar-refractivity contribution in [3.63, 3.8) is 0 Å². The second-order valence-electron chi connectivity index (χ2n) is 5.13. The third-order valence-electron chi connectivity index (χ3n) is 3.67. The van der Waals surface area contributed by atoms with Crippen LogP contribution in [0.3, 0.4) is 0 Å². The number of benzene rings is 1. The maximum absolute atomic E-state index is 12.1. The zero-order valence-electron chi connectivity index (χ0n) is 14.2. The van der Waals surface area contributed by atoms with Gasteiger partial charge >= 0.3 is 17.9 Å². The summed E-state index contributed by atoms with van der Waals surface area (Å²) in [6.45, 7) is 1.96. The molecule has 7 heteroatoms. The molecule has 1 aliphatic heterocycles. The van der Waals surface area contributed by atoms with Crippen LogP contribution in [0.4, 0.5) is 0 Å². The summed E-state index contributed by atoms with van der Waals surface area (Å²) in [6, 6.07) is 6.56. The van der Waals surface area contributed by atoms with Gasteiger partial charge in [0.15, 0.2) is 0 Å². The highest BCUT2D eigenvalue weighted by Gasteiger charge is 2.33. The fraction of sp³-hybridized carbons (Fsp3) is 0.278. The normalized spacial score (nSPS) is 13.9. The van der Waals surface area contributed by atoms with Gasteiger partial charge < -0.3 is 19.5 Å². The highest BCUT2D eigenvalue weighted by Crippen LogP contribution is 2.35. The number of carbonyl (C=O) groups is 3. The molecular weight excluding hydrogens is 326 g/mol. The topological polar surface area (TPSA) is 90.9 Å². The third kappa shape index (κ3) is 3.88. The van der Waals surface area contributed by atoms with Gasteiger partial charge in [-0.25, -0.2) is 14.4 Å². The first-order valence-electron chi connectivity index (χ1n) is 7.63. The molecule has 0 fully saturated rings. The van der Waals surface area contributed by atoms with Crippen LogP contribution in [0.5, 0.6) is 0 Å². The maximum Gasteiger partial charge on any atom is 0.338 e. The van der Waals surface area contributed by atoms with Gasteiger partial charge in [0, 0.05) is 12.4 Å². The molecule has 2 rings (SSSR count). The SMILES string of the molecule is CCOC(=O)c1cccc(C2C(C(=O)OC)=CNC=C2C(=O)OC)c1. The van der Waals surface area contributed by atoms with Gasteiger partial charge in [0.2, 0.25) is 0 Å². The predicted molar refractivity (Wildman–Crippen MR) is 88.5 cm³/mol. The van der Waals surface area contributed by atoms with E-state index in [4.69, 9.17) is 14.2 Å². The van der Waals surface area contributed by atoms with Crippen molar-refractivity contribution < 1.29 is 28.6 Å². The van der Waals surface area contributed by atoms with Gasteiger partial charge in [0.05, 0.1) is 43.5 Å². The summed E-state index contributed by atoms with van der Waals surface area (Å²) < 4.78 is 14.6. The van der Waals surface area contributed by atoms with Gasteiger partial charge in [-0.05, 0) is 24.6 Å². The number of dihydropyridines is 1. The van der Waals surface area contributed by atoms with Crippen LogP contribution in [0, 0.1) is 0 Å². The lowest BCUT2D eigenvalue weighted by Crippen LogP contribution is -2.26. The minimum atomic E-state index is -0.726. The minimum absolute atomic E-state index is 0.228. The van der Waals surface area contributed by atoms with E-state index in [0.717, 1.165) is 0 Å². The predicted octanol–water partition coefficient (Wildman–Crippen LogP) is 1.66. The Hall–Kier alpha value is -3.09. The Morgan fingerprint density at radius 2 is 1.60 bits per heavy atom. The average Bonchev–Trinajstić information content (AvgIpc) is 2.66. The Labute approximate surface area is 145 Å². The molecule has 0 atom stereocenters. The molecule has 0 saturated heterocycles. The lowest BCUT2D eigenvalue weighted by atomic mass is 9.83. The number of esters is 3. The zero-order chi connectivity index (χ0) is 18.4. The smallest absolute Gasteiger partial charge is 0.338 e. The van der Waals surface area contributed by atoms with Crippen molar-refractivity contribution in [3.05, 3.63) is 58.9 Å². The van der Waals surface area contributed by atoms with Crippen LogP contribution < -0.4 is 5.32 Å². The molecule has 7 nitrogen and oxygen atoms in total. The molecule has 0 saturated carbocycles. The summed E-state index contributed by atoms with van der Waals surface area (Å²) in [4.78, 5) is 36.2. The summed E-state index contributed by atoms with van der Waals surface area (Å²) in [5.74, 6) is -2.39. The molecule has 0 aromatic heterocycles. The van der Waals surface area contributed by atoms with Crippen LogP contribution in [0.25, 0.3) is 0 Å². The van der Waals surface area contributed by atoms with Crippen molar-refractivity contribution in [1.29, 1.82) is 0 Å². The first kappa shape index (κ1) is 18.3. The minimum Gasteiger partial charge on any atom is -0.466 e. The third-order valence-corrected chi connectivity index (χ3v) is 3.67. The van der Waals surface area contributed by atoms with E-state index in [1.807, 2.05) is 0 Å². The van der Waals surface area contributed by atoms with Gasteiger partial charge in [0.25, 0.3) is 0 Å². The zero-order valence-corrected chi connectivity index (χ0v) is 14.2. The van der Waals surface area contributed by atoms with E-state index in [9.17, 15) is 14.4 Å². The van der Waals surface area contributed by atoms with Gasteiger partial charge in [-0.2, -0.15) is 0 Å². The highest BCUT2D eigenvalue weighted by molar-refractivity contribution is 5.99. The van der Waals surface area contributed by atoms with Crippen molar-refractivity contribution in [3.8, 4) is 0 Å². The lowest BCUT2D eigenvalue weighted by Gasteiger charge is -2.24. The quantitative estimate of drug-likeness (QED) is 0.641. The van der Waals surface area contributed by atoms with Gasteiger partial charge in [-0.15, -0.1) is 0 Å². The number of hydrogen-bond acceptors (Lipinski definition) is 7. The van der Waals surface area contributed by atoms with E-state index in [-0.39, 0.29) is 17.8 Å². The van der Waals surface area contributed by atoms with E-state index in [0.29, 0.717) is 11.1 Å². The number of nitrogens with one attached hydrogen (secondary N) is 1. The fourth-order valence-corrected chi connectivity index (χ4v) is 2.56. The van der Waals surface area contributed by atoms with Crippen molar-refractivity contribution in [1.82, 2.24) is 5.32 Å². The van der Waals surface area contributed by atoms with Crippen molar-refractivity contribution in [2.75, 3.05) is 20.8 Å². The van der Waals surface area contributed by atoms with E-state index in [1.165, 1.54) is 26.6 Å². The summed E-state index contributed by atoms with van der Waals surface area (Å²) in [7, 11) is 2.51. The molecule has 1 heterocycles. The number of carbonyl (C=O) groups excluding carboxylic acids is 3. The van der Waals surface area contributed by atoms with E-state index >= 15 is 0 Å². The molecule has 1 N–H and O–H groups in total. The molecule has 0 radical (unpaired) electrons. The van der Waals surface area contributed by atoms with E-state index in [1.54, 1.807) is 31.2 Å². The Morgan fingerprint density at radius 3 is 2.12 bits per heavy atom. The number of methoxy groups -OCH3 is 2. The lowest BCUT2D eigenvalue weighted by molar-refractivity contribution is -0.137. The van der Waals surface area contributed by atoms with Crippen LogP contribution in [0.15, 0.2) is 47.8 Å². The van der Waals surface area contributed by atoms with Crippen molar-refractivity contribution in [2.45, 2.75) is 12.8 Å². The largest absolute Gasteiger partial charge is 0.466 e. The van der Waals surface area contributed by atoms with Crippen LogP contribution in [0.1, 0.15) is 28.8 Å². The molecule has 0 aliphatic carbocycles. The first-order chi connectivity index (χ1) is 12.0. The Morgan fingerprint density at radius 1 is 1.00 bits per heavy atom. The first-order valence-corrected chi connectivity index (χ1v) is 7.63. The standard InChI is InChI=1S/C18H19NO6/c1-4-25-16(20)12-7-5-6-11(8-12)15-13(17(21)23-2)9-19-10-14(15)18(22)24-3/h5-10,15,19H,4H2,1-3H3. The van der Waals surface area contributed by atoms with Crippen LogP contribution >= 0.6 is 0 Å². The molecule has 1 aliphatic rings. The summed E-state index contributed by atoms with van der Waals surface area (Å²) >= 11 is 0.